The van der Waals surface area contributed by atoms with Crippen molar-refractivity contribution in [3.05, 3.63) is 64.9 Å². The molecule has 1 aliphatic heterocycles. The minimum absolute atomic E-state index is 0.265. The van der Waals surface area contributed by atoms with E-state index in [0.717, 1.165) is 22.5 Å². The number of hydrogen-bond acceptors (Lipinski definition) is 6. The molecule has 0 radical (unpaired) electrons. The highest BCUT2D eigenvalue weighted by Gasteiger charge is 2.35. The number of hydrogen-bond donors (Lipinski definition) is 1. The van der Waals surface area contributed by atoms with Crippen molar-refractivity contribution in [1.29, 1.82) is 0 Å². The van der Waals surface area contributed by atoms with Gasteiger partial charge in [-0.15, -0.1) is 11.3 Å². The zero-order valence-electron chi connectivity index (χ0n) is 13.6. The van der Waals surface area contributed by atoms with E-state index >= 15 is 0 Å². The highest BCUT2D eigenvalue weighted by atomic mass is 32.1. The van der Waals surface area contributed by atoms with E-state index in [0.29, 0.717) is 22.1 Å². The van der Waals surface area contributed by atoms with Gasteiger partial charge in [0.05, 0.1) is 6.20 Å². The number of carboxylic acid groups (broad SMARTS) is 1. The number of amides is 1. The molecule has 0 saturated heterocycles. The van der Waals surface area contributed by atoms with Crippen LogP contribution in [0.2, 0.25) is 0 Å². The summed E-state index contributed by atoms with van der Waals surface area (Å²) in [5, 5.41) is 10.1. The van der Waals surface area contributed by atoms with Crippen LogP contribution in [0.3, 0.4) is 0 Å². The summed E-state index contributed by atoms with van der Waals surface area (Å²) < 4.78 is 0. The maximum atomic E-state index is 13.0. The summed E-state index contributed by atoms with van der Waals surface area (Å²) in [6.45, 7) is 0.265. The van der Waals surface area contributed by atoms with E-state index in [1.165, 1.54) is 11.1 Å². The summed E-state index contributed by atoms with van der Waals surface area (Å²) in [4.78, 5) is 38.9. The van der Waals surface area contributed by atoms with Gasteiger partial charge in [0.1, 0.15) is 10.9 Å². The zero-order chi connectivity index (χ0) is 18.1. The van der Waals surface area contributed by atoms with Gasteiger partial charge >= 0.3 is 5.97 Å². The topological polar surface area (TPSA) is 96.3 Å². The number of fused-ring (bicyclic) bond motifs is 1. The molecule has 0 fully saturated rings. The molecule has 1 N–H and O–H groups in total. The average molecular weight is 366 g/mol. The molecule has 3 heterocycles. The minimum atomic E-state index is -1.01. The summed E-state index contributed by atoms with van der Waals surface area (Å²) >= 11 is 1.16. The monoisotopic (exact) mass is 366 g/mol. The standard InChI is InChI=1S/C18H14N4O3S/c23-17(14-9-21-16(26-14)15-19-6-3-7-20-15)22-10-12-5-2-1-4-11(12)8-13(22)18(24)25/h1-7,9,13H,8,10H2,(H,24,25). The lowest BCUT2D eigenvalue weighted by Crippen LogP contribution is -2.48. The highest BCUT2D eigenvalue weighted by molar-refractivity contribution is 7.16. The van der Waals surface area contributed by atoms with Crippen LogP contribution in [0.5, 0.6) is 0 Å². The van der Waals surface area contributed by atoms with Crippen LogP contribution in [-0.4, -0.2) is 42.9 Å². The molecule has 0 saturated carbocycles. The van der Waals surface area contributed by atoms with Gasteiger partial charge in [0.25, 0.3) is 5.91 Å². The smallest absolute Gasteiger partial charge is 0.326 e. The SMILES string of the molecule is O=C(O)C1Cc2ccccc2CN1C(=O)c1cnc(-c2ncccn2)s1. The van der Waals surface area contributed by atoms with Crippen molar-refractivity contribution in [3.63, 3.8) is 0 Å². The van der Waals surface area contributed by atoms with Gasteiger partial charge in [-0.1, -0.05) is 24.3 Å². The van der Waals surface area contributed by atoms with Crippen molar-refractivity contribution in [2.24, 2.45) is 0 Å². The number of nitrogens with zero attached hydrogens (tertiary/aromatic N) is 4. The first-order valence-electron chi connectivity index (χ1n) is 7.97. The largest absolute Gasteiger partial charge is 0.480 e. The molecule has 1 atom stereocenters. The van der Waals surface area contributed by atoms with Crippen molar-refractivity contribution in [2.75, 3.05) is 0 Å². The van der Waals surface area contributed by atoms with E-state index in [-0.39, 0.29) is 12.5 Å². The van der Waals surface area contributed by atoms with Gasteiger partial charge in [-0.3, -0.25) is 4.79 Å². The van der Waals surface area contributed by atoms with Crippen molar-refractivity contribution in [3.8, 4) is 10.8 Å². The summed E-state index contributed by atoms with van der Waals surface area (Å²) in [6, 6.07) is 8.40. The number of aromatic nitrogens is 3. The van der Waals surface area contributed by atoms with Crippen LogP contribution in [0, 0.1) is 0 Å². The Labute approximate surface area is 153 Å². The molecular formula is C18H14N4O3S. The molecule has 0 aliphatic carbocycles. The predicted molar refractivity (Wildman–Crippen MR) is 94.6 cm³/mol. The Bertz CT molecular complexity index is 973. The van der Waals surface area contributed by atoms with Crippen LogP contribution >= 0.6 is 11.3 Å². The van der Waals surface area contributed by atoms with Crippen molar-refractivity contribution >= 4 is 23.2 Å². The number of thiazole rings is 1. The Morgan fingerprint density at radius 2 is 1.81 bits per heavy atom. The maximum absolute atomic E-state index is 13.0. The molecule has 2 aromatic heterocycles. The van der Waals surface area contributed by atoms with Gasteiger partial charge in [0, 0.05) is 25.4 Å². The van der Waals surface area contributed by atoms with Crippen molar-refractivity contribution in [1.82, 2.24) is 19.9 Å². The number of rotatable bonds is 3. The normalized spacial score (nSPS) is 16.2. The molecule has 1 aliphatic rings. The Balaban J connectivity index is 1.65. The van der Waals surface area contributed by atoms with Crippen LogP contribution in [0.1, 0.15) is 20.8 Å². The molecule has 130 valence electrons. The van der Waals surface area contributed by atoms with Crippen LogP contribution in [0.25, 0.3) is 10.8 Å². The number of carboxylic acids is 1. The van der Waals surface area contributed by atoms with Crippen LogP contribution in [-0.2, 0) is 17.8 Å². The van der Waals surface area contributed by atoms with Gasteiger partial charge in [-0.2, -0.15) is 0 Å². The average Bonchev–Trinajstić information content (AvgIpc) is 3.17. The van der Waals surface area contributed by atoms with Gasteiger partial charge in [0.2, 0.25) is 0 Å². The lowest BCUT2D eigenvalue weighted by molar-refractivity contribution is -0.142. The summed E-state index contributed by atoms with van der Waals surface area (Å²) in [5.74, 6) is -0.911. The number of benzene rings is 1. The quantitative estimate of drug-likeness (QED) is 0.764. The first-order chi connectivity index (χ1) is 12.6. The zero-order valence-corrected chi connectivity index (χ0v) is 14.4. The van der Waals surface area contributed by atoms with Gasteiger partial charge in [-0.05, 0) is 17.2 Å². The molecule has 1 amide bonds. The lowest BCUT2D eigenvalue weighted by Gasteiger charge is -2.34. The summed E-state index contributed by atoms with van der Waals surface area (Å²) in [5.41, 5.74) is 1.93. The maximum Gasteiger partial charge on any atom is 0.326 e. The molecule has 7 nitrogen and oxygen atoms in total. The van der Waals surface area contributed by atoms with E-state index < -0.39 is 12.0 Å². The molecule has 3 aromatic rings. The molecule has 4 rings (SSSR count). The number of carbonyl (C=O) groups excluding carboxylic acids is 1. The predicted octanol–water partition coefficient (Wildman–Crippen LogP) is 2.25. The van der Waals surface area contributed by atoms with Gasteiger partial charge in [0.15, 0.2) is 10.8 Å². The number of carbonyl (C=O) groups is 2. The second-order valence-corrected chi connectivity index (χ2v) is 6.89. The number of aliphatic carboxylic acids is 1. The molecule has 0 bridgehead atoms. The van der Waals surface area contributed by atoms with Crippen LogP contribution in [0.15, 0.2) is 48.9 Å². The molecule has 1 unspecified atom stereocenters. The molecular weight excluding hydrogens is 352 g/mol. The van der Waals surface area contributed by atoms with E-state index in [4.69, 9.17) is 0 Å². The minimum Gasteiger partial charge on any atom is -0.480 e. The first kappa shape index (κ1) is 16.3. The Hall–Kier alpha value is -3.13. The van der Waals surface area contributed by atoms with Gasteiger partial charge in [-0.25, -0.2) is 19.7 Å². The van der Waals surface area contributed by atoms with Gasteiger partial charge < -0.3 is 10.0 Å². The van der Waals surface area contributed by atoms with E-state index in [1.807, 2.05) is 24.3 Å². The van der Waals surface area contributed by atoms with E-state index in [9.17, 15) is 14.7 Å². The van der Waals surface area contributed by atoms with E-state index in [1.54, 1.807) is 18.5 Å². The fourth-order valence-electron chi connectivity index (χ4n) is 2.98. The Kier molecular flexibility index (Phi) is 4.18. The fraction of sp³-hybridized carbons (Fsp3) is 0.167. The molecule has 8 heteroatoms. The lowest BCUT2D eigenvalue weighted by atomic mass is 9.94. The third-order valence-corrected chi connectivity index (χ3v) is 5.25. The van der Waals surface area contributed by atoms with Crippen LogP contribution < -0.4 is 0 Å². The molecule has 0 spiro atoms. The third kappa shape index (κ3) is 2.95. The molecule has 1 aromatic carbocycles. The summed E-state index contributed by atoms with van der Waals surface area (Å²) in [7, 11) is 0. The Morgan fingerprint density at radius 3 is 2.54 bits per heavy atom. The van der Waals surface area contributed by atoms with Crippen molar-refractivity contribution < 1.29 is 14.7 Å². The third-order valence-electron chi connectivity index (χ3n) is 4.27. The second-order valence-electron chi connectivity index (χ2n) is 5.86. The molecule has 26 heavy (non-hydrogen) atoms. The first-order valence-corrected chi connectivity index (χ1v) is 8.79. The Morgan fingerprint density at radius 1 is 1.08 bits per heavy atom. The van der Waals surface area contributed by atoms with E-state index in [2.05, 4.69) is 15.0 Å². The highest BCUT2D eigenvalue weighted by Crippen LogP contribution is 2.28. The van der Waals surface area contributed by atoms with Crippen LogP contribution in [0.4, 0.5) is 0 Å². The summed E-state index contributed by atoms with van der Waals surface area (Å²) in [6.07, 6.45) is 4.96. The van der Waals surface area contributed by atoms with Crippen molar-refractivity contribution in [2.45, 2.75) is 19.0 Å². The second kappa shape index (κ2) is 6.64. The fourth-order valence-corrected chi connectivity index (χ4v) is 3.80.